The zero-order valence-electron chi connectivity index (χ0n) is 7.23. The lowest BCUT2D eigenvalue weighted by Gasteiger charge is -2.13. The van der Waals surface area contributed by atoms with Crippen LogP contribution in [0.5, 0.6) is 0 Å². The molecule has 0 unspecified atom stereocenters. The second-order valence-electron chi connectivity index (χ2n) is 2.30. The van der Waals surface area contributed by atoms with E-state index >= 15 is 0 Å². The highest BCUT2D eigenvalue weighted by Crippen LogP contribution is 2.05. The number of rotatable bonds is 2. The molecule has 0 bridgehead atoms. The number of hydrogen-bond acceptors (Lipinski definition) is 3. The van der Waals surface area contributed by atoms with Gasteiger partial charge in [-0.05, 0) is 12.1 Å². The predicted molar refractivity (Wildman–Crippen MR) is 48.5 cm³/mol. The van der Waals surface area contributed by atoms with E-state index in [0.29, 0.717) is 10.9 Å². The first-order chi connectivity index (χ1) is 6.24. The molecule has 1 aromatic rings. The first-order valence-corrected chi connectivity index (χ1v) is 3.69. The summed E-state index contributed by atoms with van der Waals surface area (Å²) in [4.78, 5) is 15.6. The topological polar surface area (TPSA) is 67.6 Å². The maximum Gasteiger partial charge on any atom is 0.360 e. The van der Waals surface area contributed by atoms with E-state index in [1.54, 1.807) is 12.1 Å². The van der Waals surface area contributed by atoms with Crippen LogP contribution in [-0.4, -0.2) is 18.3 Å². The van der Waals surface area contributed by atoms with Gasteiger partial charge in [0.25, 0.3) is 0 Å². The molecule has 1 aromatic carbocycles. The SMILES string of the molecule is CON(N)C(=O)Nc1ccccc1. The van der Waals surface area contributed by atoms with Crippen molar-refractivity contribution < 1.29 is 9.63 Å². The third-order valence-electron chi connectivity index (χ3n) is 1.42. The summed E-state index contributed by atoms with van der Waals surface area (Å²) in [6.07, 6.45) is 0. The van der Waals surface area contributed by atoms with Gasteiger partial charge >= 0.3 is 6.03 Å². The van der Waals surface area contributed by atoms with E-state index in [2.05, 4.69) is 10.2 Å². The zero-order valence-corrected chi connectivity index (χ0v) is 7.23. The van der Waals surface area contributed by atoms with Crippen molar-refractivity contribution in [3.63, 3.8) is 0 Å². The highest BCUT2D eigenvalue weighted by atomic mass is 16.7. The molecule has 0 aliphatic carbocycles. The molecule has 3 N–H and O–H groups in total. The lowest BCUT2D eigenvalue weighted by Crippen LogP contribution is -2.39. The number of benzene rings is 1. The lowest BCUT2D eigenvalue weighted by molar-refractivity contribution is -0.0833. The van der Waals surface area contributed by atoms with E-state index in [9.17, 15) is 4.79 Å². The molecule has 0 radical (unpaired) electrons. The summed E-state index contributed by atoms with van der Waals surface area (Å²) in [5.41, 5.74) is 0.667. The van der Waals surface area contributed by atoms with Crippen LogP contribution in [0.25, 0.3) is 0 Å². The minimum absolute atomic E-state index is 0.520. The van der Waals surface area contributed by atoms with Crippen LogP contribution in [-0.2, 0) is 4.84 Å². The van der Waals surface area contributed by atoms with Crippen LogP contribution in [0.2, 0.25) is 0 Å². The average molecular weight is 181 g/mol. The Morgan fingerprint density at radius 2 is 2.08 bits per heavy atom. The van der Waals surface area contributed by atoms with E-state index in [-0.39, 0.29) is 0 Å². The number of nitrogens with two attached hydrogens (primary N) is 1. The van der Waals surface area contributed by atoms with Crippen molar-refractivity contribution in [1.29, 1.82) is 0 Å². The Balaban J connectivity index is 2.55. The Labute approximate surface area is 76.0 Å². The van der Waals surface area contributed by atoms with Gasteiger partial charge in [0, 0.05) is 5.69 Å². The van der Waals surface area contributed by atoms with Crippen LogP contribution < -0.4 is 11.2 Å². The average Bonchev–Trinajstić information content (AvgIpc) is 2.18. The number of hydroxylamine groups is 1. The molecular weight excluding hydrogens is 170 g/mol. The molecule has 1 rings (SSSR count). The number of nitrogens with one attached hydrogen (secondary N) is 1. The molecule has 0 atom stereocenters. The monoisotopic (exact) mass is 181 g/mol. The maximum absolute atomic E-state index is 11.1. The van der Waals surface area contributed by atoms with Crippen molar-refractivity contribution >= 4 is 11.7 Å². The quantitative estimate of drug-likeness (QED) is 0.405. The summed E-state index contributed by atoms with van der Waals surface area (Å²) in [5, 5.41) is 3.15. The van der Waals surface area contributed by atoms with Crippen LogP contribution in [0, 0.1) is 0 Å². The molecule has 0 fully saturated rings. The van der Waals surface area contributed by atoms with Crippen molar-refractivity contribution in [3.05, 3.63) is 30.3 Å². The fraction of sp³-hybridized carbons (Fsp3) is 0.125. The smallest absolute Gasteiger partial charge is 0.305 e. The molecule has 0 aliphatic rings. The maximum atomic E-state index is 11.1. The summed E-state index contributed by atoms with van der Waals surface area (Å²) < 4.78 is 0. The third kappa shape index (κ3) is 2.73. The molecule has 0 aliphatic heterocycles. The predicted octanol–water partition coefficient (Wildman–Crippen LogP) is 0.956. The Bertz CT molecular complexity index is 276. The number of amides is 2. The Hall–Kier alpha value is -1.59. The summed E-state index contributed by atoms with van der Waals surface area (Å²) in [5.74, 6) is 5.16. The molecule has 0 spiro atoms. The van der Waals surface area contributed by atoms with Crippen molar-refractivity contribution in [2.24, 2.45) is 5.84 Å². The highest BCUT2D eigenvalue weighted by molar-refractivity contribution is 5.88. The standard InChI is InChI=1S/C8H11N3O2/c1-13-11(9)8(12)10-7-5-3-2-4-6-7/h2-6H,9H2,1H3,(H,10,12). The van der Waals surface area contributed by atoms with Gasteiger partial charge in [-0.3, -0.25) is 4.84 Å². The molecule has 0 saturated carbocycles. The van der Waals surface area contributed by atoms with Crippen molar-refractivity contribution in [2.45, 2.75) is 0 Å². The van der Waals surface area contributed by atoms with Gasteiger partial charge in [-0.25, -0.2) is 10.6 Å². The van der Waals surface area contributed by atoms with E-state index in [1.165, 1.54) is 7.11 Å². The number of para-hydroxylation sites is 1. The largest absolute Gasteiger partial charge is 0.360 e. The van der Waals surface area contributed by atoms with E-state index in [4.69, 9.17) is 5.84 Å². The first-order valence-electron chi connectivity index (χ1n) is 3.69. The number of anilines is 1. The van der Waals surface area contributed by atoms with E-state index in [1.807, 2.05) is 18.2 Å². The Kier molecular flexibility index (Phi) is 3.24. The van der Waals surface area contributed by atoms with Gasteiger partial charge in [0.2, 0.25) is 0 Å². The summed E-state index contributed by atoms with van der Waals surface area (Å²) in [6, 6.07) is 8.45. The normalized spacial score (nSPS) is 9.38. The number of hydrogen-bond donors (Lipinski definition) is 2. The van der Waals surface area contributed by atoms with Crippen molar-refractivity contribution in [1.82, 2.24) is 5.17 Å². The Morgan fingerprint density at radius 3 is 2.62 bits per heavy atom. The number of carbonyl (C=O) groups excluding carboxylic acids is 1. The Morgan fingerprint density at radius 1 is 1.46 bits per heavy atom. The van der Waals surface area contributed by atoms with Gasteiger partial charge in [-0.1, -0.05) is 18.2 Å². The van der Waals surface area contributed by atoms with Crippen LogP contribution in [0.3, 0.4) is 0 Å². The number of hydrazine groups is 1. The third-order valence-corrected chi connectivity index (χ3v) is 1.42. The fourth-order valence-electron chi connectivity index (χ4n) is 0.783. The molecule has 13 heavy (non-hydrogen) atoms. The number of urea groups is 1. The van der Waals surface area contributed by atoms with Crippen LogP contribution in [0.4, 0.5) is 10.5 Å². The van der Waals surface area contributed by atoms with E-state index < -0.39 is 6.03 Å². The molecular formula is C8H11N3O2. The number of carbonyl (C=O) groups is 1. The van der Waals surface area contributed by atoms with Gasteiger partial charge < -0.3 is 5.32 Å². The van der Waals surface area contributed by atoms with Crippen LogP contribution >= 0.6 is 0 Å². The second-order valence-corrected chi connectivity index (χ2v) is 2.30. The molecule has 5 nitrogen and oxygen atoms in total. The second kappa shape index (κ2) is 4.44. The molecule has 5 heteroatoms. The minimum Gasteiger partial charge on any atom is -0.305 e. The summed E-state index contributed by atoms with van der Waals surface area (Å²) >= 11 is 0. The molecule has 0 aromatic heterocycles. The number of nitrogens with zero attached hydrogens (tertiary/aromatic N) is 1. The minimum atomic E-state index is -0.520. The molecule has 70 valence electrons. The molecule has 2 amide bonds. The summed E-state index contributed by atoms with van der Waals surface area (Å²) in [7, 11) is 1.31. The van der Waals surface area contributed by atoms with Gasteiger partial charge in [-0.2, -0.15) is 0 Å². The van der Waals surface area contributed by atoms with Gasteiger partial charge in [0.15, 0.2) is 0 Å². The van der Waals surface area contributed by atoms with Crippen molar-refractivity contribution in [3.8, 4) is 0 Å². The molecule has 0 heterocycles. The fourth-order valence-corrected chi connectivity index (χ4v) is 0.783. The lowest BCUT2D eigenvalue weighted by atomic mass is 10.3. The van der Waals surface area contributed by atoms with Crippen LogP contribution in [0.15, 0.2) is 30.3 Å². The summed E-state index contributed by atoms with van der Waals surface area (Å²) in [6.45, 7) is 0. The highest BCUT2D eigenvalue weighted by Gasteiger charge is 2.07. The van der Waals surface area contributed by atoms with Gasteiger partial charge in [-0.15, -0.1) is 5.17 Å². The van der Waals surface area contributed by atoms with Gasteiger partial charge in [0.1, 0.15) is 0 Å². The van der Waals surface area contributed by atoms with Crippen LogP contribution in [0.1, 0.15) is 0 Å². The first kappa shape index (κ1) is 9.50. The van der Waals surface area contributed by atoms with Gasteiger partial charge in [0.05, 0.1) is 7.11 Å². The van der Waals surface area contributed by atoms with Crippen molar-refractivity contribution in [2.75, 3.05) is 12.4 Å². The zero-order chi connectivity index (χ0) is 9.68. The molecule has 0 saturated heterocycles. The van der Waals surface area contributed by atoms with E-state index in [0.717, 1.165) is 0 Å².